The molecule has 0 radical (unpaired) electrons. The second-order valence-electron chi connectivity index (χ2n) is 7.47. The molecule has 10 heteroatoms. The third-order valence-electron chi connectivity index (χ3n) is 5.43. The summed E-state index contributed by atoms with van der Waals surface area (Å²) in [7, 11) is -3.88. The highest BCUT2D eigenvalue weighted by atomic mass is 32.2. The number of nitrogens with zero attached hydrogens (tertiary/aromatic N) is 2. The van der Waals surface area contributed by atoms with E-state index in [2.05, 4.69) is 10.3 Å². The largest absolute Gasteiger partial charge is 0.486 e. The lowest BCUT2D eigenvalue weighted by Gasteiger charge is -2.24. The van der Waals surface area contributed by atoms with E-state index in [1.54, 1.807) is 6.07 Å². The van der Waals surface area contributed by atoms with Crippen LogP contribution in [0.4, 0.5) is 5.13 Å². The second-order valence-corrected chi connectivity index (χ2v) is 10.2. The summed E-state index contributed by atoms with van der Waals surface area (Å²) >= 11 is 1.31. The Morgan fingerprint density at radius 2 is 1.88 bits per heavy atom. The van der Waals surface area contributed by atoms with E-state index in [0.29, 0.717) is 42.7 Å². The smallest absolute Gasteiger partial charge is 0.244 e. The van der Waals surface area contributed by atoms with Gasteiger partial charge in [0.2, 0.25) is 15.9 Å². The van der Waals surface area contributed by atoms with Gasteiger partial charge in [-0.1, -0.05) is 30.3 Å². The predicted molar refractivity (Wildman–Crippen MR) is 121 cm³/mol. The molecule has 1 fully saturated rings. The van der Waals surface area contributed by atoms with E-state index < -0.39 is 16.1 Å². The number of sulfonamides is 1. The molecule has 8 nitrogen and oxygen atoms in total. The van der Waals surface area contributed by atoms with E-state index in [1.165, 1.54) is 27.8 Å². The number of benzene rings is 2. The van der Waals surface area contributed by atoms with Crippen molar-refractivity contribution in [3.05, 3.63) is 53.9 Å². The van der Waals surface area contributed by atoms with Gasteiger partial charge in [-0.05, 0) is 25.0 Å². The molecule has 32 heavy (non-hydrogen) atoms. The monoisotopic (exact) mass is 471 g/mol. The van der Waals surface area contributed by atoms with E-state index in [0.717, 1.165) is 11.3 Å². The first-order valence-electron chi connectivity index (χ1n) is 10.3. The number of hydrogen-bond acceptors (Lipinski definition) is 7. The number of thiazole rings is 1. The first-order valence-corrected chi connectivity index (χ1v) is 12.6. The molecule has 0 unspecified atom stereocenters. The number of anilines is 1. The molecular weight excluding hydrogens is 450 g/mol. The Labute approximate surface area is 189 Å². The van der Waals surface area contributed by atoms with Crippen LogP contribution in [0.2, 0.25) is 0 Å². The van der Waals surface area contributed by atoms with Crippen molar-refractivity contribution in [2.24, 2.45) is 0 Å². The van der Waals surface area contributed by atoms with Gasteiger partial charge < -0.3 is 14.8 Å². The summed E-state index contributed by atoms with van der Waals surface area (Å²) in [5.74, 6) is 0.537. The minimum atomic E-state index is -3.88. The minimum Gasteiger partial charge on any atom is -0.486 e. The molecule has 3 heterocycles. The quantitative estimate of drug-likeness (QED) is 0.613. The molecule has 0 bridgehead atoms. The number of carbonyl (C=O) groups is 1. The molecule has 0 aliphatic carbocycles. The van der Waals surface area contributed by atoms with Crippen LogP contribution in [0.15, 0.2) is 58.8 Å². The van der Waals surface area contributed by atoms with Crippen molar-refractivity contribution in [1.29, 1.82) is 0 Å². The Bertz CT molecular complexity index is 1240. The second kappa shape index (κ2) is 8.53. The molecule has 0 saturated carbocycles. The minimum absolute atomic E-state index is 0.0852. The summed E-state index contributed by atoms with van der Waals surface area (Å²) in [4.78, 5) is 17.5. The fraction of sp³-hybridized carbons (Fsp3) is 0.273. The molecule has 1 atom stereocenters. The van der Waals surface area contributed by atoms with Crippen molar-refractivity contribution in [3.8, 4) is 22.8 Å². The molecule has 3 aromatic rings. The summed E-state index contributed by atoms with van der Waals surface area (Å²) in [5.41, 5.74) is 1.71. The number of hydrogen-bond donors (Lipinski definition) is 1. The Hall–Kier alpha value is -2.95. The number of nitrogens with one attached hydrogen (secondary N) is 1. The van der Waals surface area contributed by atoms with Gasteiger partial charge in [0, 0.05) is 23.6 Å². The number of fused-ring (bicyclic) bond motifs is 1. The van der Waals surface area contributed by atoms with Gasteiger partial charge in [-0.25, -0.2) is 13.4 Å². The average molecular weight is 472 g/mol. The molecule has 0 spiro atoms. The van der Waals surface area contributed by atoms with Gasteiger partial charge in [-0.2, -0.15) is 4.31 Å². The number of ether oxygens (including phenoxy) is 2. The van der Waals surface area contributed by atoms with E-state index >= 15 is 0 Å². The third-order valence-corrected chi connectivity index (χ3v) is 8.09. The van der Waals surface area contributed by atoms with Gasteiger partial charge in [-0.3, -0.25) is 4.79 Å². The maximum Gasteiger partial charge on any atom is 0.244 e. The number of amides is 1. The summed E-state index contributed by atoms with van der Waals surface area (Å²) in [6.45, 7) is 1.07. The lowest BCUT2D eigenvalue weighted by molar-refractivity contribution is -0.119. The van der Waals surface area contributed by atoms with E-state index in [1.807, 2.05) is 35.7 Å². The lowest BCUT2D eigenvalue weighted by atomic mass is 10.2. The van der Waals surface area contributed by atoms with E-state index in [-0.39, 0.29) is 17.3 Å². The van der Waals surface area contributed by atoms with Gasteiger partial charge >= 0.3 is 0 Å². The Balaban J connectivity index is 1.34. The third kappa shape index (κ3) is 3.96. The zero-order chi connectivity index (χ0) is 22.1. The van der Waals surface area contributed by atoms with Gasteiger partial charge in [0.05, 0.1) is 10.6 Å². The molecule has 1 N–H and O–H groups in total. The first-order chi connectivity index (χ1) is 15.5. The first kappa shape index (κ1) is 20.9. The molecule has 1 aromatic heterocycles. The van der Waals surface area contributed by atoms with E-state index in [4.69, 9.17) is 9.47 Å². The van der Waals surface area contributed by atoms with Crippen LogP contribution in [-0.2, 0) is 14.8 Å². The van der Waals surface area contributed by atoms with Gasteiger partial charge in [0.1, 0.15) is 19.3 Å². The van der Waals surface area contributed by atoms with Crippen LogP contribution in [0.1, 0.15) is 12.8 Å². The molecule has 2 aliphatic rings. The van der Waals surface area contributed by atoms with Crippen LogP contribution in [0, 0.1) is 0 Å². The Morgan fingerprint density at radius 1 is 1.09 bits per heavy atom. The van der Waals surface area contributed by atoms with Crippen molar-refractivity contribution in [2.75, 3.05) is 25.1 Å². The highest BCUT2D eigenvalue weighted by Gasteiger charge is 2.40. The zero-order valence-corrected chi connectivity index (χ0v) is 18.7. The number of rotatable bonds is 5. The summed E-state index contributed by atoms with van der Waals surface area (Å²) < 4.78 is 38.9. The molecule has 5 rings (SSSR count). The normalized spacial score (nSPS) is 18.4. The molecule has 166 valence electrons. The fourth-order valence-electron chi connectivity index (χ4n) is 3.87. The maximum absolute atomic E-state index is 13.3. The summed E-state index contributed by atoms with van der Waals surface area (Å²) in [5, 5.41) is 5.10. The van der Waals surface area contributed by atoms with Crippen LogP contribution in [-0.4, -0.2) is 49.4 Å². The average Bonchev–Trinajstić information content (AvgIpc) is 3.50. The van der Waals surface area contributed by atoms with Crippen LogP contribution in [0.3, 0.4) is 0 Å². The topological polar surface area (TPSA) is 97.8 Å². The predicted octanol–water partition coefficient (Wildman–Crippen LogP) is 3.37. The van der Waals surface area contributed by atoms with Crippen LogP contribution in [0.5, 0.6) is 11.5 Å². The molecule has 1 amide bonds. The van der Waals surface area contributed by atoms with Crippen molar-refractivity contribution in [1.82, 2.24) is 9.29 Å². The molecule has 2 aliphatic heterocycles. The molecule has 1 saturated heterocycles. The maximum atomic E-state index is 13.3. The van der Waals surface area contributed by atoms with Crippen molar-refractivity contribution in [3.63, 3.8) is 0 Å². The SMILES string of the molecule is O=C(Nc1nc(-c2ccccc2)cs1)[C@H]1CCCN1S(=O)(=O)c1ccc2c(c1)OCCO2. The Morgan fingerprint density at radius 3 is 2.69 bits per heavy atom. The van der Waals surface area contributed by atoms with Crippen LogP contribution >= 0.6 is 11.3 Å². The van der Waals surface area contributed by atoms with E-state index in [9.17, 15) is 13.2 Å². The summed E-state index contributed by atoms with van der Waals surface area (Å²) in [6, 6.07) is 13.4. The summed E-state index contributed by atoms with van der Waals surface area (Å²) in [6.07, 6.45) is 1.06. The molecule has 2 aromatic carbocycles. The standard InChI is InChI=1S/C22H21N3O5S2/c26-21(24-22-23-17(14-31-22)15-5-2-1-3-6-15)18-7-4-10-25(18)32(27,28)16-8-9-19-20(13-16)30-12-11-29-19/h1-3,5-6,8-9,13-14,18H,4,7,10-12H2,(H,23,24,26)/t18-/m1/s1. The zero-order valence-electron chi connectivity index (χ0n) is 17.1. The highest BCUT2D eigenvalue weighted by Crippen LogP contribution is 2.35. The number of carbonyl (C=O) groups excluding carboxylic acids is 1. The van der Waals surface area contributed by atoms with Crippen molar-refractivity contribution < 1.29 is 22.7 Å². The fourth-order valence-corrected chi connectivity index (χ4v) is 6.27. The van der Waals surface area contributed by atoms with Gasteiger partial charge in [-0.15, -0.1) is 11.3 Å². The van der Waals surface area contributed by atoms with Crippen LogP contribution in [0.25, 0.3) is 11.3 Å². The highest BCUT2D eigenvalue weighted by molar-refractivity contribution is 7.89. The van der Waals surface area contributed by atoms with Crippen LogP contribution < -0.4 is 14.8 Å². The van der Waals surface area contributed by atoms with Gasteiger partial charge in [0.25, 0.3) is 0 Å². The Kier molecular flexibility index (Phi) is 5.58. The van der Waals surface area contributed by atoms with Gasteiger partial charge in [0.15, 0.2) is 16.6 Å². The lowest BCUT2D eigenvalue weighted by Crippen LogP contribution is -2.43. The molecular formula is C22H21N3O5S2. The number of aromatic nitrogens is 1. The van der Waals surface area contributed by atoms with Crippen molar-refractivity contribution in [2.45, 2.75) is 23.8 Å². The van der Waals surface area contributed by atoms with Crippen molar-refractivity contribution >= 4 is 32.4 Å².